The van der Waals surface area contributed by atoms with Crippen LogP contribution in [0, 0.1) is 19.8 Å². The fourth-order valence-electron chi connectivity index (χ4n) is 3.65. The average molecular weight is 380 g/mol. The summed E-state index contributed by atoms with van der Waals surface area (Å²) in [6, 6.07) is 5.73. The molecule has 0 spiro atoms. The lowest BCUT2D eigenvalue weighted by atomic mass is 10.0. The second-order valence-corrected chi connectivity index (χ2v) is 7.38. The minimum Gasteiger partial charge on any atom is -0.341 e. The first-order valence-corrected chi connectivity index (χ1v) is 9.60. The highest BCUT2D eigenvalue weighted by Crippen LogP contribution is 2.22. The Hall–Kier alpha value is -3.03. The predicted octanol–water partition coefficient (Wildman–Crippen LogP) is 2.43. The Kier molecular flexibility index (Phi) is 5.18. The van der Waals surface area contributed by atoms with Gasteiger partial charge in [0.05, 0.1) is 11.3 Å². The van der Waals surface area contributed by atoms with Gasteiger partial charge in [0.2, 0.25) is 5.91 Å². The number of likely N-dealkylation sites (tertiary alicyclic amines) is 1. The maximum Gasteiger partial charge on any atom is 0.259 e. The van der Waals surface area contributed by atoms with Crippen LogP contribution in [0.1, 0.15) is 30.1 Å². The van der Waals surface area contributed by atoms with Gasteiger partial charge >= 0.3 is 0 Å². The summed E-state index contributed by atoms with van der Waals surface area (Å²) in [5.74, 6) is 1.79. The molecular weight excluding hydrogens is 356 g/mol. The Balaban J connectivity index is 1.28. The van der Waals surface area contributed by atoms with Crippen LogP contribution in [0.4, 0.5) is 0 Å². The molecule has 0 radical (unpaired) electrons. The number of rotatable bonds is 6. The van der Waals surface area contributed by atoms with Gasteiger partial charge in [0.25, 0.3) is 5.89 Å². The topological polar surface area (TPSA) is 89.9 Å². The molecule has 1 amide bonds. The molecule has 0 N–H and O–H groups in total. The van der Waals surface area contributed by atoms with E-state index in [4.69, 9.17) is 4.52 Å². The van der Waals surface area contributed by atoms with Gasteiger partial charge in [0.15, 0.2) is 5.82 Å². The van der Waals surface area contributed by atoms with Crippen LogP contribution in [-0.4, -0.2) is 48.8 Å². The molecule has 3 aromatic heterocycles. The van der Waals surface area contributed by atoms with Crippen molar-refractivity contribution >= 4 is 5.91 Å². The van der Waals surface area contributed by atoms with Crippen molar-refractivity contribution in [2.75, 3.05) is 13.1 Å². The number of aromatic nitrogens is 5. The van der Waals surface area contributed by atoms with Gasteiger partial charge in [-0.25, -0.2) is 0 Å². The number of carbonyl (C=O) groups is 1. The molecule has 0 aromatic carbocycles. The minimum absolute atomic E-state index is 0.132. The summed E-state index contributed by atoms with van der Waals surface area (Å²) in [5, 5.41) is 8.45. The highest BCUT2D eigenvalue weighted by atomic mass is 16.5. The molecular formula is C20H24N6O2. The lowest BCUT2D eigenvalue weighted by Gasteiger charge is -2.17. The summed E-state index contributed by atoms with van der Waals surface area (Å²) >= 11 is 0. The highest BCUT2D eigenvalue weighted by molar-refractivity contribution is 5.76. The van der Waals surface area contributed by atoms with E-state index in [2.05, 4.69) is 20.2 Å². The smallest absolute Gasteiger partial charge is 0.259 e. The number of carbonyl (C=O) groups excluding carboxylic acids is 1. The maximum atomic E-state index is 12.6. The summed E-state index contributed by atoms with van der Waals surface area (Å²) in [7, 11) is 0. The van der Waals surface area contributed by atoms with Gasteiger partial charge in [-0.3, -0.25) is 14.5 Å². The van der Waals surface area contributed by atoms with E-state index in [9.17, 15) is 4.79 Å². The van der Waals surface area contributed by atoms with Crippen molar-refractivity contribution in [1.82, 2.24) is 29.8 Å². The van der Waals surface area contributed by atoms with E-state index in [-0.39, 0.29) is 5.91 Å². The number of nitrogens with zero attached hydrogens (tertiary/aromatic N) is 6. The third kappa shape index (κ3) is 4.11. The zero-order valence-electron chi connectivity index (χ0n) is 16.2. The normalized spacial score (nSPS) is 16.6. The Bertz CT molecular complexity index is 949. The molecule has 4 rings (SSSR count). The molecule has 0 bridgehead atoms. The molecule has 8 nitrogen and oxygen atoms in total. The zero-order valence-corrected chi connectivity index (χ0v) is 16.2. The van der Waals surface area contributed by atoms with E-state index in [0.717, 1.165) is 49.3 Å². The monoisotopic (exact) mass is 380 g/mol. The Morgan fingerprint density at radius 2 is 2.25 bits per heavy atom. The number of pyridine rings is 1. The van der Waals surface area contributed by atoms with Gasteiger partial charge in [-0.05, 0) is 50.8 Å². The molecule has 1 aliphatic rings. The molecule has 8 heteroatoms. The van der Waals surface area contributed by atoms with Crippen LogP contribution >= 0.6 is 0 Å². The van der Waals surface area contributed by atoms with Gasteiger partial charge in [-0.2, -0.15) is 10.1 Å². The second-order valence-electron chi connectivity index (χ2n) is 7.38. The Morgan fingerprint density at radius 1 is 1.36 bits per heavy atom. The first-order valence-electron chi connectivity index (χ1n) is 9.60. The van der Waals surface area contributed by atoms with Crippen LogP contribution in [0.25, 0.3) is 11.5 Å². The largest absolute Gasteiger partial charge is 0.341 e. The Labute approximate surface area is 163 Å². The van der Waals surface area contributed by atoms with E-state index < -0.39 is 0 Å². The van der Waals surface area contributed by atoms with Crippen LogP contribution in [-0.2, 0) is 17.8 Å². The van der Waals surface area contributed by atoms with Crippen molar-refractivity contribution in [3.63, 3.8) is 0 Å². The molecule has 28 heavy (non-hydrogen) atoms. The summed E-state index contributed by atoms with van der Waals surface area (Å²) in [5.41, 5.74) is 2.78. The quantitative estimate of drug-likeness (QED) is 0.652. The third-order valence-electron chi connectivity index (χ3n) is 5.18. The SMILES string of the molecule is Cc1cc(C)n(CC(=O)N2CCC(CCc3noc(-c4cccnc4)n3)C2)n1. The van der Waals surface area contributed by atoms with Gasteiger partial charge in [0, 0.05) is 37.6 Å². The van der Waals surface area contributed by atoms with Gasteiger partial charge in [0.1, 0.15) is 6.54 Å². The molecule has 0 aliphatic carbocycles. The number of amides is 1. The molecule has 3 aromatic rings. The first-order chi connectivity index (χ1) is 13.6. The third-order valence-corrected chi connectivity index (χ3v) is 5.18. The molecule has 1 aliphatic heterocycles. The van der Waals surface area contributed by atoms with Crippen molar-refractivity contribution in [2.45, 2.75) is 39.7 Å². The van der Waals surface area contributed by atoms with E-state index in [1.165, 1.54) is 0 Å². The Morgan fingerprint density at radius 3 is 3.00 bits per heavy atom. The fraction of sp³-hybridized carbons (Fsp3) is 0.450. The van der Waals surface area contributed by atoms with Crippen molar-refractivity contribution in [2.24, 2.45) is 5.92 Å². The summed E-state index contributed by atoms with van der Waals surface area (Å²) in [6.45, 7) is 5.81. The van der Waals surface area contributed by atoms with Crippen molar-refractivity contribution in [3.8, 4) is 11.5 Å². The van der Waals surface area contributed by atoms with Crippen molar-refractivity contribution < 1.29 is 9.32 Å². The summed E-state index contributed by atoms with van der Waals surface area (Å²) in [6.07, 6.45) is 6.11. The van der Waals surface area contributed by atoms with Gasteiger partial charge in [-0.15, -0.1) is 0 Å². The average Bonchev–Trinajstić information content (AvgIpc) is 3.41. The highest BCUT2D eigenvalue weighted by Gasteiger charge is 2.27. The zero-order chi connectivity index (χ0) is 19.5. The second kappa shape index (κ2) is 7.92. The first kappa shape index (κ1) is 18.3. The number of aryl methyl sites for hydroxylation is 3. The van der Waals surface area contributed by atoms with Crippen molar-refractivity contribution in [1.29, 1.82) is 0 Å². The predicted molar refractivity (Wildman–Crippen MR) is 102 cm³/mol. The maximum absolute atomic E-state index is 12.6. The van der Waals surface area contributed by atoms with E-state index in [1.807, 2.05) is 36.9 Å². The van der Waals surface area contributed by atoms with Gasteiger partial charge in [-0.1, -0.05) is 5.16 Å². The molecule has 1 saturated heterocycles. The molecule has 1 fully saturated rings. The summed E-state index contributed by atoms with van der Waals surface area (Å²) < 4.78 is 7.11. The molecule has 0 saturated carbocycles. The lowest BCUT2D eigenvalue weighted by Crippen LogP contribution is -2.32. The standard InChI is InChI=1S/C20H24N6O2/c1-14-10-15(2)26(23-14)13-19(27)25-9-7-16(12-25)5-6-18-22-20(28-24-18)17-4-3-8-21-11-17/h3-4,8,10-11,16H,5-7,9,12-13H2,1-2H3. The van der Waals surface area contributed by atoms with Crippen molar-refractivity contribution in [3.05, 3.63) is 47.8 Å². The van der Waals surface area contributed by atoms with E-state index in [0.29, 0.717) is 24.2 Å². The van der Waals surface area contributed by atoms with Crippen LogP contribution in [0.2, 0.25) is 0 Å². The molecule has 1 unspecified atom stereocenters. The number of hydrogen-bond acceptors (Lipinski definition) is 6. The lowest BCUT2D eigenvalue weighted by molar-refractivity contribution is -0.131. The van der Waals surface area contributed by atoms with Crippen LogP contribution < -0.4 is 0 Å². The molecule has 146 valence electrons. The van der Waals surface area contributed by atoms with E-state index >= 15 is 0 Å². The molecule has 1 atom stereocenters. The fourth-order valence-corrected chi connectivity index (χ4v) is 3.65. The minimum atomic E-state index is 0.132. The van der Waals surface area contributed by atoms with Gasteiger partial charge < -0.3 is 9.42 Å². The van der Waals surface area contributed by atoms with Crippen LogP contribution in [0.5, 0.6) is 0 Å². The molecule has 4 heterocycles. The van der Waals surface area contributed by atoms with Crippen LogP contribution in [0.15, 0.2) is 35.1 Å². The van der Waals surface area contributed by atoms with E-state index in [1.54, 1.807) is 17.1 Å². The number of hydrogen-bond donors (Lipinski definition) is 0. The van der Waals surface area contributed by atoms with Crippen LogP contribution in [0.3, 0.4) is 0 Å². The summed E-state index contributed by atoms with van der Waals surface area (Å²) in [4.78, 5) is 23.0.